The van der Waals surface area contributed by atoms with Gasteiger partial charge in [-0.05, 0) is 48.9 Å². The zero-order valence-electron chi connectivity index (χ0n) is 11.5. The monoisotopic (exact) mass is 305 g/mol. The highest BCUT2D eigenvalue weighted by Crippen LogP contribution is 2.34. The standard InChI is InChI=1S/C16H19NOS2/c1-17-16-13-8-3-2-6-12(13)7-4-9-14(16)20(18)15-10-5-11-19-15/h2-3,5-6,8,10-11,14,16-17H,4,7,9H2,1H3. The molecule has 0 amide bonds. The average Bonchev–Trinajstić information content (AvgIpc) is 2.94. The minimum Gasteiger partial charge on any atom is -0.312 e. The summed E-state index contributed by atoms with van der Waals surface area (Å²) in [7, 11) is 1.05. The fourth-order valence-electron chi connectivity index (χ4n) is 3.03. The SMILES string of the molecule is CNC1c2ccccc2CCCC1S(=O)c1cccs1. The van der Waals surface area contributed by atoms with Crippen molar-refractivity contribution in [3.05, 3.63) is 52.9 Å². The van der Waals surface area contributed by atoms with Gasteiger partial charge in [-0.25, -0.2) is 0 Å². The Morgan fingerprint density at radius 3 is 2.85 bits per heavy atom. The summed E-state index contributed by atoms with van der Waals surface area (Å²) in [6.07, 6.45) is 3.20. The third-order valence-corrected chi connectivity index (χ3v) is 7.01. The first-order valence-electron chi connectivity index (χ1n) is 7.00. The van der Waals surface area contributed by atoms with Crippen LogP contribution >= 0.6 is 11.3 Å². The van der Waals surface area contributed by atoms with Gasteiger partial charge in [-0.2, -0.15) is 0 Å². The highest BCUT2D eigenvalue weighted by molar-refractivity contribution is 7.88. The Morgan fingerprint density at radius 2 is 2.10 bits per heavy atom. The minimum atomic E-state index is -0.931. The summed E-state index contributed by atoms with van der Waals surface area (Å²) in [4.78, 5) is 0. The molecule has 0 aliphatic heterocycles. The van der Waals surface area contributed by atoms with Gasteiger partial charge in [0, 0.05) is 6.04 Å². The average molecular weight is 305 g/mol. The van der Waals surface area contributed by atoms with Crippen LogP contribution in [0.5, 0.6) is 0 Å². The molecule has 2 aromatic rings. The molecule has 1 aliphatic rings. The van der Waals surface area contributed by atoms with Gasteiger partial charge < -0.3 is 5.32 Å². The van der Waals surface area contributed by atoms with Crippen molar-refractivity contribution in [3.63, 3.8) is 0 Å². The molecular formula is C16H19NOS2. The van der Waals surface area contributed by atoms with Crippen molar-refractivity contribution >= 4 is 22.1 Å². The van der Waals surface area contributed by atoms with Crippen LogP contribution < -0.4 is 5.32 Å². The Hall–Kier alpha value is -0.970. The molecule has 1 aromatic carbocycles. The molecule has 20 heavy (non-hydrogen) atoms. The molecule has 106 valence electrons. The predicted molar refractivity (Wildman–Crippen MR) is 85.7 cm³/mol. The number of aryl methyl sites for hydroxylation is 1. The third-order valence-electron chi connectivity index (χ3n) is 3.98. The molecule has 0 saturated carbocycles. The van der Waals surface area contributed by atoms with Crippen LogP contribution in [0.2, 0.25) is 0 Å². The van der Waals surface area contributed by atoms with E-state index in [4.69, 9.17) is 0 Å². The lowest BCUT2D eigenvalue weighted by molar-refractivity contribution is 0.532. The van der Waals surface area contributed by atoms with Crippen molar-refractivity contribution in [2.45, 2.75) is 34.8 Å². The number of nitrogens with one attached hydrogen (secondary N) is 1. The highest BCUT2D eigenvalue weighted by atomic mass is 32.2. The highest BCUT2D eigenvalue weighted by Gasteiger charge is 2.31. The van der Waals surface area contributed by atoms with Gasteiger partial charge in [-0.3, -0.25) is 4.21 Å². The van der Waals surface area contributed by atoms with Gasteiger partial charge in [0.15, 0.2) is 0 Å². The van der Waals surface area contributed by atoms with E-state index in [-0.39, 0.29) is 11.3 Å². The molecule has 1 aliphatic carbocycles. The fraction of sp³-hybridized carbons (Fsp3) is 0.375. The van der Waals surface area contributed by atoms with Gasteiger partial charge in [-0.15, -0.1) is 11.3 Å². The van der Waals surface area contributed by atoms with E-state index in [0.29, 0.717) is 0 Å². The van der Waals surface area contributed by atoms with E-state index in [1.807, 2.05) is 24.6 Å². The molecule has 3 atom stereocenters. The Labute approximate surface area is 126 Å². The summed E-state index contributed by atoms with van der Waals surface area (Å²) in [5.74, 6) is 0. The molecule has 3 unspecified atom stereocenters. The third kappa shape index (κ3) is 2.60. The van der Waals surface area contributed by atoms with Crippen LogP contribution in [0.25, 0.3) is 0 Å². The molecule has 0 saturated heterocycles. The topological polar surface area (TPSA) is 29.1 Å². The van der Waals surface area contributed by atoms with Crippen molar-refractivity contribution in [1.82, 2.24) is 5.32 Å². The summed E-state index contributed by atoms with van der Waals surface area (Å²) in [6.45, 7) is 0. The van der Waals surface area contributed by atoms with Gasteiger partial charge in [-0.1, -0.05) is 30.3 Å². The largest absolute Gasteiger partial charge is 0.312 e. The lowest BCUT2D eigenvalue weighted by atomic mass is 9.99. The number of thiophene rings is 1. The van der Waals surface area contributed by atoms with Gasteiger partial charge in [0.25, 0.3) is 0 Å². The quantitative estimate of drug-likeness (QED) is 0.879. The summed E-state index contributed by atoms with van der Waals surface area (Å²) < 4.78 is 13.9. The van der Waals surface area contributed by atoms with E-state index in [1.165, 1.54) is 11.1 Å². The van der Waals surface area contributed by atoms with Crippen LogP contribution in [-0.4, -0.2) is 16.5 Å². The van der Waals surface area contributed by atoms with E-state index in [9.17, 15) is 4.21 Å². The molecule has 1 heterocycles. The minimum absolute atomic E-state index is 0.155. The smallest absolute Gasteiger partial charge is 0.0914 e. The molecule has 2 nitrogen and oxygen atoms in total. The van der Waals surface area contributed by atoms with E-state index in [2.05, 4.69) is 29.6 Å². The van der Waals surface area contributed by atoms with Crippen LogP contribution in [-0.2, 0) is 17.2 Å². The Kier molecular flexibility index (Phi) is 4.34. The number of rotatable bonds is 3. The van der Waals surface area contributed by atoms with Crippen molar-refractivity contribution in [1.29, 1.82) is 0 Å². The lowest BCUT2D eigenvalue weighted by Crippen LogP contribution is -2.32. The van der Waals surface area contributed by atoms with E-state index in [1.54, 1.807) is 11.3 Å². The number of hydrogen-bond donors (Lipinski definition) is 1. The Balaban J connectivity index is 1.97. The summed E-state index contributed by atoms with van der Waals surface area (Å²) in [5, 5.41) is 5.57. The zero-order chi connectivity index (χ0) is 13.9. The summed E-state index contributed by atoms with van der Waals surface area (Å²) >= 11 is 1.60. The van der Waals surface area contributed by atoms with Crippen molar-refractivity contribution in [3.8, 4) is 0 Å². The lowest BCUT2D eigenvalue weighted by Gasteiger charge is -2.25. The van der Waals surface area contributed by atoms with E-state index >= 15 is 0 Å². The Morgan fingerprint density at radius 1 is 1.25 bits per heavy atom. The van der Waals surface area contributed by atoms with Gasteiger partial charge >= 0.3 is 0 Å². The Bertz CT molecular complexity index is 594. The van der Waals surface area contributed by atoms with E-state index < -0.39 is 10.8 Å². The van der Waals surface area contributed by atoms with Gasteiger partial charge in [0.2, 0.25) is 0 Å². The first kappa shape index (κ1) is 14.0. The molecule has 1 aromatic heterocycles. The molecular weight excluding hydrogens is 286 g/mol. The molecule has 3 rings (SSSR count). The van der Waals surface area contributed by atoms with Crippen LogP contribution in [0.4, 0.5) is 0 Å². The maximum absolute atomic E-state index is 12.9. The molecule has 0 radical (unpaired) electrons. The van der Waals surface area contributed by atoms with Crippen molar-refractivity contribution < 1.29 is 4.21 Å². The fourth-order valence-corrected chi connectivity index (χ4v) is 5.81. The van der Waals surface area contributed by atoms with Gasteiger partial charge in [0.05, 0.1) is 20.3 Å². The second-order valence-corrected chi connectivity index (χ2v) is 7.97. The molecule has 0 fully saturated rings. The van der Waals surface area contributed by atoms with E-state index in [0.717, 1.165) is 23.5 Å². The molecule has 0 bridgehead atoms. The summed E-state index contributed by atoms with van der Waals surface area (Å²) in [6, 6.07) is 12.7. The second kappa shape index (κ2) is 6.20. The second-order valence-electron chi connectivity index (χ2n) is 5.13. The predicted octanol–water partition coefficient (Wildman–Crippen LogP) is 3.52. The van der Waals surface area contributed by atoms with Crippen molar-refractivity contribution in [2.24, 2.45) is 0 Å². The summed E-state index contributed by atoms with van der Waals surface area (Å²) in [5.41, 5.74) is 2.72. The first-order chi connectivity index (χ1) is 9.81. The van der Waals surface area contributed by atoms with Crippen LogP contribution in [0, 0.1) is 0 Å². The van der Waals surface area contributed by atoms with Crippen molar-refractivity contribution in [2.75, 3.05) is 7.05 Å². The van der Waals surface area contributed by atoms with Gasteiger partial charge in [0.1, 0.15) is 0 Å². The number of hydrogen-bond acceptors (Lipinski definition) is 3. The maximum atomic E-state index is 12.9. The van der Waals surface area contributed by atoms with Crippen LogP contribution in [0.1, 0.15) is 30.0 Å². The molecule has 4 heteroatoms. The maximum Gasteiger partial charge on any atom is 0.0914 e. The normalized spacial score (nSPS) is 23.9. The zero-order valence-corrected chi connectivity index (χ0v) is 13.2. The molecule has 1 N–H and O–H groups in total. The first-order valence-corrected chi connectivity index (χ1v) is 9.09. The number of fused-ring (bicyclic) bond motifs is 1. The van der Waals surface area contributed by atoms with Crippen LogP contribution in [0.3, 0.4) is 0 Å². The number of benzene rings is 1. The molecule has 0 spiro atoms. The van der Waals surface area contributed by atoms with Crippen LogP contribution in [0.15, 0.2) is 46.0 Å².